The third kappa shape index (κ3) is 2.62. The zero-order chi connectivity index (χ0) is 20.6. The lowest BCUT2D eigenvalue weighted by molar-refractivity contribution is -0.167. The zero-order valence-electron chi connectivity index (χ0n) is 18.4. The lowest BCUT2D eigenvalue weighted by atomic mass is 9.38. The Kier molecular flexibility index (Phi) is 5.29. The van der Waals surface area contributed by atoms with Crippen molar-refractivity contribution in [1.82, 2.24) is 0 Å². The fourth-order valence-corrected chi connectivity index (χ4v) is 9.84. The van der Waals surface area contributed by atoms with Crippen LogP contribution in [0.1, 0.15) is 86.0 Å². The Labute approximate surface area is 183 Å². The fourth-order valence-electron chi connectivity index (χ4n) is 9.84. The number of rotatable bonds is 1. The van der Waals surface area contributed by atoms with Crippen molar-refractivity contribution >= 4 is 5.78 Å². The quantitative estimate of drug-likeness (QED) is 0.582. The molecule has 3 heteroatoms. The van der Waals surface area contributed by atoms with Crippen LogP contribution in [0.5, 0.6) is 0 Å². The van der Waals surface area contributed by atoms with E-state index in [0.29, 0.717) is 35.3 Å². The molecule has 0 amide bonds. The molecule has 0 heterocycles. The van der Waals surface area contributed by atoms with E-state index in [0.717, 1.165) is 18.3 Å². The molecule has 5 aliphatic rings. The van der Waals surface area contributed by atoms with Crippen LogP contribution in [0.4, 0.5) is 0 Å². The van der Waals surface area contributed by atoms with Crippen LogP contribution in [0.2, 0.25) is 0 Å². The maximum Gasteiger partial charge on any atom is 0.176 e. The Morgan fingerprint density at radius 3 is 2.50 bits per heavy atom. The molecule has 0 aromatic carbocycles. The second-order valence-electron chi connectivity index (χ2n) is 11.8. The highest BCUT2D eigenvalue weighted by Crippen LogP contribution is 2.71. The number of allylic oxidation sites excluding steroid dienone is 2. The topological polar surface area (TPSA) is 61.1 Å². The summed E-state index contributed by atoms with van der Waals surface area (Å²) in [6.07, 6.45) is 13.2. The molecule has 0 aromatic heterocycles. The first-order valence-corrected chi connectivity index (χ1v) is 12.1. The molecule has 0 bridgehead atoms. The lowest BCUT2D eigenvalue weighted by Gasteiger charge is -2.66. The number of nitrogens with zero attached hydrogens (tertiary/aromatic N) is 1. The average molecular weight is 412 g/mol. The van der Waals surface area contributed by atoms with Crippen LogP contribution >= 0.6 is 0 Å². The summed E-state index contributed by atoms with van der Waals surface area (Å²) in [4.78, 5) is 12.7. The molecule has 0 aromatic rings. The molecule has 0 aliphatic heterocycles. The van der Waals surface area contributed by atoms with E-state index in [1.165, 1.54) is 51.4 Å². The molecule has 4 saturated carbocycles. The molecule has 30 heavy (non-hydrogen) atoms. The molecule has 0 radical (unpaired) electrons. The first kappa shape index (κ1) is 22.1. The highest BCUT2D eigenvalue weighted by molar-refractivity contribution is 6.01. The van der Waals surface area contributed by atoms with E-state index in [-0.39, 0.29) is 30.0 Å². The largest absolute Gasteiger partial charge is 0.396 e. The van der Waals surface area contributed by atoms with Gasteiger partial charge in [0.05, 0.1) is 5.57 Å². The van der Waals surface area contributed by atoms with E-state index in [1.54, 1.807) is 0 Å². The SMILES string of the molecule is C.CC1C(=O)C(C#N)=CC2(C)C1CCC1(C)C3CCC4(CO)CCCC4C3CCC21. The number of nitriles is 1. The van der Waals surface area contributed by atoms with Crippen molar-refractivity contribution < 1.29 is 9.90 Å². The van der Waals surface area contributed by atoms with E-state index in [4.69, 9.17) is 0 Å². The molecular weight excluding hydrogens is 370 g/mol. The first-order chi connectivity index (χ1) is 13.8. The molecule has 5 aliphatic carbocycles. The normalized spacial score (nSPS) is 52.0. The van der Waals surface area contributed by atoms with E-state index in [2.05, 4.69) is 32.9 Å². The van der Waals surface area contributed by atoms with Crippen LogP contribution in [0.15, 0.2) is 11.6 Å². The molecule has 5 rings (SSSR count). The van der Waals surface area contributed by atoms with Gasteiger partial charge in [0.15, 0.2) is 5.78 Å². The summed E-state index contributed by atoms with van der Waals surface area (Å²) in [6.45, 7) is 7.38. The molecule has 0 saturated heterocycles. The summed E-state index contributed by atoms with van der Waals surface area (Å²) in [7, 11) is 0. The van der Waals surface area contributed by atoms with Gasteiger partial charge in [0.1, 0.15) is 6.07 Å². The maximum absolute atomic E-state index is 12.7. The Morgan fingerprint density at radius 2 is 1.80 bits per heavy atom. The molecule has 0 spiro atoms. The number of carbonyl (C=O) groups excluding carboxylic acids is 1. The van der Waals surface area contributed by atoms with Crippen molar-refractivity contribution in [2.45, 2.75) is 86.0 Å². The van der Waals surface area contributed by atoms with Gasteiger partial charge in [-0.1, -0.05) is 40.7 Å². The van der Waals surface area contributed by atoms with Crippen molar-refractivity contribution in [2.24, 2.45) is 51.8 Å². The summed E-state index contributed by atoms with van der Waals surface area (Å²) < 4.78 is 0. The number of hydrogen-bond acceptors (Lipinski definition) is 3. The number of hydrogen-bond donors (Lipinski definition) is 1. The van der Waals surface area contributed by atoms with Crippen molar-refractivity contribution in [3.63, 3.8) is 0 Å². The summed E-state index contributed by atoms with van der Waals surface area (Å²) in [6, 6.07) is 2.23. The molecule has 166 valence electrons. The molecule has 9 atom stereocenters. The van der Waals surface area contributed by atoms with Gasteiger partial charge in [-0.05, 0) is 97.2 Å². The van der Waals surface area contributed by atoms with Crippen LogP contribution in [0.25, 0.3) is 0 Å². The average Bonchev–Trinajstić information content (AvgIpc) is 3.15. The number of carbonyl (C=O) groups is 1. The van der Waals surface area contributed by atoms with E-state index in [1.807, 2.05) is 0 Å². The minimum absolute atomic E-state index is 0. The van der Waals surface area contributed by atoms with Gasteiger partial charge in [-0.2, -0.15) is 5.26 Å². The van der Waals surface area contributed by atoms with Crippen molar-refractivity contribution in [3.05, 3.63) is 11.6 Å². The lowest BCUT2D eigenvalue weighted by Crippen LogP contribution is -2.60. The Morgan fingerprint density at radius 1 is 1.07 bits per heavy atom. The van der Waals surface area contributed by atoms with Crippen molar-refractivity contribution in [2.75, 3.05) is 6.61 Å². The van der Waals surface area contributed by atoms with Gasteiger partial charge in [-0.25, -0.2) is 0 Å². The second-order valence-corrected chi connectivity index (χ2v) is 11.8. The maximum atomic E-state index is 12.7. The summed E-state index contributed by atoms with van der Waals surface area (Å²) in [5.74, 6) is 3.22. The monoisotopic (exact) mass is 411 g/mol. The fraction of sp³-hybridized carbons (Fsp3) is 0.852. The third-order valence-electron chi connectivity index (χ3n) is 11.1. The first-order valence-electron chi connectivity index (χ1n) is 12.1. The van der Waals surface area contributed by atoms with E-state index in [9.17, 15) is 15.2 Å². The summed E-state index contributed by atoms with van der Waals surface area (Å²) in [5.41, 5.74) is 0.902. The highest BCUT2D eigenvalue weighted by atomic mass is 16.3. The summed E-state index contributed by atoms with van der Waals surface area (Å²) in [5, 5.41) is 19.9. The number of Topliss-reactive ketones (excluding diaryl/α,β-unsaturated/α-hetero) is 1. The van der Waals surface area contributed by atoms with Crippen LogP contribution in [-0.2, 0) is 4.79 Å². The van der Waals surface area contributed by atoms with E-state index >= 15 is 0 Å². The van der Waals surface area contributed by atoms with Gasteiger partial charge in [0, 0.05) is 12.5 Å². The van der Waals surface area contributed by atoms with Crippen molar-refractivity contribution in [3.8, 4) is 6.07 Å². The van der Waals surface area contributed by atoms with E-state index < -0.39 is 0 Å². The second kappa shape index (κ2) is 7.19. The number of ketones is 1. The Bertz CT molecular complexity index is 795. The van der Waals surface area contributed by atoms with Gasteiger partial charge in [0.2, 0.25) is 0 Å². The molecular formula is C27H41NO2. The molecule has 9 unspecified atom stereocenters. The highest BCUT2D eigenvalue weighted by Gasteiger charge is 2.64. The number of fused-ring (bicyclic) bond motifs is 7. The molecule has 3 nitrogen and oxygen atoms in total. The predicted octanol–water partition coefficient (Wildman–Crippen LogP) is 5.93. The molecule has 4 fully saturated rings. The van der Waals surface area contributed by atoms with Gasteiger partial charge >= 0.3 is 0 Å². The Hall–Kier alpha value is -1.14. The Balaban J connectivity index is 0.00000218. The minimum atomic E-state index is -0.0302. The number of aliphatic hydroxyl groups excluding tert-OH is 1. The van der Waals surface area contributed by atoms with Gasteiger partial charge in [-0.3, -0.25) is 4.79 Å². The summed E-state index contributed by atoms with van der Waals surface area (Å²) >= 11 is 0. The van der Waals surface area contributed by atoms with Crippen molar-refractivity contribution in [1.29, 1.82) is 5.26 Å². The van der Waals surface area contributed by atoms with Gasteiger partial charge in [-0.15, -0.1) is 0 Å². The van der Waals surface area contributed by atoms with Crippen LogP contribution in [0.3, 0.4) is 0 Å². The third-order valence-corrected chi connectivity index (χ3v) is 11.1. The zero-order valence-corrected chi connectivity index (χ0v) is 18.4. The smallest absolute Gasteiger partial charge is 0.176 e. The minimum Gasteiger partial charge on any atom is -0.396 e. The van der Waals surface area contributed by atoms with Crippen LogP contribution in [0, 0.1) is 63.1 Å². The standard InChI is InChI=1S/C26H37NO2.CH4/c1-16-19-8-11-24(2)20-9-12-26(15-28)10-4-5-21(26)18(20)6-7-22(24)25(19,3)13-17(14-27)23(16)29;/h13,16,18-22,28H,4-12,15H2,1-3H3;1H4. The van der Waals surface area contributed by atoms with Gasteiger partial charge < -0.3 is 5.11 Å². The van der Waals surface area contributed by atoms with Gasteiger partial charge in [0.25, 0.3) is 0 Å². The molecule has 1 N–H and O–H groups in total. The van der Waals surface area contributed by atoms with Crippen LogP contribution < -0.4 is 0 Å². The van der Waals surface area contributed by atoms with Crippen LogP contribution in [-0.4, -0.2) is 17.5 Å². The predicted molar refractivity (Wildman–Crippen MR) is 119 cm³/mol. The number of aliphatic hydroxyl groups is 1.